The lowest BCUT2D eigenvalue weighted by molar-refractivity contribution is -0.148. The molecule has 5 nitrogen and oxygen atoms in total. The lowest BCUT2D eigenvalue weighted by Crippen LogP contribution is -2.68. The Morgan fingerprint density at radius 3 is 2.94 bits per heavy atom. The summed E-state index contributed by atoms with van der Waals surface area (Å²) in [5.41, 5.74) is 6.64. The van der Waals surface area contributed by atoms with Crippen molar-refractivity contribution in [2.75, 3.05) is 5.75 Å². The van der Waals surface area contributed by atoms with Crippen molar-refractivity contribution in [2.24, 2.45) is 5.73 Å². The first-order valence-corrected chi connectivity index (χ1v) is 6.28. The minimum Gasteiger partial charge on any atom is -0.477 e. The van der Waals surface area contributed by atoms with Gasteiger partial charge in [-0.1, -0.05) is 13.3 Å². The van der Waals surface area contributed by atoms with Crippen molar-refractivity contribution < 1.29 is 14.7 Å². The molecule has 88 valence electrons. The van der Waals surface area contributed by atoms with E-state index in [4.69, 9.17) is 10.8 Å². The van der Waals surface area contributed by atoms with Crippen LogP contribution in [0.15, 0.2) is 11.3 Å². The third kappa shape index (κ3) is 1.53. The molecule has 0 spiro atoms. The first-order valence-electron chi connectivity index (χ1n) is 5.23. The van der Waals surface area contributed by atoms with Crippen LogP contribution in [0, 0.1) is 0 Å². The van der Waals surface area contributed by atoms with Crippen LogP contribution in [0.3, 0.4) is 0 Å². The zero-order chi connectivity index (χ0) is 11.9. The minimum absolute atomic E-state index is 0.164. The topological polar surface area (TPSA) is 83.6 Å². The van der Waals surface area contributed by atoms with Gasteiger partial charge in [0.05, 0.1) is 0 Å². The van der Waals surface area contributed by atoms with Crippen LogP contribution in [0.25, 0.3) is 0 Å². The van der Waals surface area contributed by atoms with Crippen LogP contribution >= 0.6 is 11.8 Å². The summed E-state index contributed by atoms with van der Waals surface area (Å²) in [5.74, 6) is -0.630. The van der Waals surface area contributed by atoms with E-state index in [0.717, 1.165) is 18.4 Å². The van der Waals surface area contributed by atoms with Crippen LogP contribution in [0.1, 0.15) is 19.8 Å². The van der Waals surface area contributed by atoms with Gasteiger partial charge in [-0.3, -0.25) is 9.69 Å². The number of aliphatic carboxylic acids is 1. The summed E-state index contributed by atoms with van der Waals surface area (Å²) in [7, 11) is 0. The van der Waals surface area contributed by atoms with Crippen molar-refractivity contribution in [3.8, 4) is 0 Å². The highest BCUT2D eigenvalue weighted by Gasteiger charge is 2.51. The Labute approximate surface area is 97.7 Å². The summed E-state index contributed by atoms with van der Waals surface area (Å²) in [6.45, 7) is 1.99. The van der Waals surface area contributed by atoms with Crippen molar-refractivity contribution in [1.82, 2.24) is 4.90 Å². The summed E-state index contributed by atoms with van der Waals surface area (Å²) < 4.78 is 0. The highest BCUT2D eigenvalue weighted by atomic mass is 32.2. The number of rotatable bonds is 3. The Bertz CT molecular complexity index is 380. The molecule has 6 heteroatoms. The Hall–Kier alpha value is -1.01. The van der Waals surface area contributed by atoms with Gasteiger partial charge in [-0.15, -0.1) is 11.8 Å². The molecular weight excluding hydrogens is 228 g/mol. The largest absolute Gasteiger partial charge is 0.477 e. The number of β-lactam (4-membered cyclic amide) rings is 1. The molecule has 2 aliphatic rings. The van der Waals surface area contributed by atoms with Crippen LogP contribution in [0.5, 0.6) is 0 Å². The molecule has 1 unspecified atom stereocenters. The first kappa shape index (κ1) is 11.5. The normalized spacial score (nSPS) is 28.9. The van der Waals surface area contributed by atoms with Crippen molar-refractivity contribution in [1.29, 1.82) is 0 Å². The zero-order valence-electron chi connectivity index (χ0n) is 8.97. The molecule has 2 rings (SSSR count). The van der Waals surface area contributed by atoms with Gasteiger partial charge in [0.2, 0.25) is 5.91 Å². The molecule has 1 saturated heterocycles. The molecule has 0 aliphatic carbocycles. The molecule has 2 atom stereocenters. The Kier molecular flexibility index (Phi) is 2.94. The minimum atomic E-state index is -1.02. The Morgan fingerprint density at radius 1 is 1.69 bits per heavy atom. The van der Waals surface area contributed by atoms with E-state index in [-0.39, 0.29) is 17.0 Å². The molecule has 1 amide bonds. The van der Waals surface area contributed by atoms with Crippen molar-refractivity contribution >= 4 is 23.6 Å². The number of hydrogen-bond acceptors (Lipinski definition) is 4. The number of amides is 1. The molecular formula is C10H14N2O3S. The number of fused-ring (bicyclic) bond motifs is 1. The van der Waals surface area contributed by atoms with E-state index in [0.29, 0.717) is 5.75 Å². The lowest BCUT2D eigenvalue weighted by Gasteiger charge is -2.48. The highest BCUT2D eigenvalue weighted by Crippen LogP contribution is 2.40. The predicted molar refractivity (Wildman–Crippen MR) is 60.6 cm³/mol. The molecule has 0 bridgehead atoms. The number of hydrogen-bond donors (Lipinski definition) is 2. The maximum Gasteiger partial charge on any atom is 0.352 e. The molecule has 0 aromatic carbocycles. The highest BCUT2D eigenvalue weighted by molar-refractivity contribution is 8.00. The van der Waals surface area contributed by atoms with Gasteiger partial charge in [0.1, 0.15) is 17.1 Å². The van der Waals surface area contributed by atoms with Crippen molar-refractivity contribution in [3.63, 3.8) is 0 Å². The van der Waals surface area contributed by atoms with Gasteiger partial charge < -0.3 is 10.8 Å². The molecule has 0 radical (unpaired) electrons. The Morgan fingerprint density at radius 2 is 2.38 bits per heavy atom. The fraction of sp³-hybridized carbons (Fsp3) is 0.600. The van der Waals surface area contributed by atoms with Gasteiger partial charge in [0, 0.05) is 5.75 Å². The van der Waals surface area contributed by atoms with Gasteiger partial charge in [-0.05, 0) is 12.0 Å². The van der Waals surface area contributed by atoms with E-state index in [1.54, 1.807) is 11.8 Å². The van der Waals surface area contributed by atoms with Gasteiger partial charge in [0.15, 0.2) is 0 Å². The summed E-state index contributed by atoms with van der Waals surface area (Å²) >= 11 is 1.55. The number of carboxylic acid groups (broad SMARTS) is 1. The molecule has 16 heavy (non-hydrogen) atoms. The molecule has 2 heterocycles. The second kappa shape index (κ2) is 4.10. The van der Waals surface area contributed by atoms with E-state index in [1.165, 1.54) is 4.90 Å². The van der Waals surface area contributed by atoms with Crippen LogP contribution in [0.4, 0.5) is 0 Å². The fourth-order valence-electron chi connectivity index (χ4n) is 2.07. The zero-order valence-corrected chi connectivity index (χ0v) is 9.79. The quantitative estimate of drug-likeness (QED) is 0.698. The summed E-state index contributed by atoms with van der Waals surface area (Å²) in [5, 5.41) is 8.98. The molecule has 0 aromatic heterocycles. The second-order valence-electron chi connectivity index (χ2n) is 3.94. The molecule has 1 fully saturated rings. The fourth-order valence-corrected chi connectivity index (χ4v) is 3.41. The molecule has 0 saturated carbocycles. The molecule has 0 aromatic rings. The number of carboxylic acids is 1. The maximum absolute atomic E-state index is 11.6. The monoisotopic (exact) mass is 242 g/mol. The SMILES string of the molecule is CCCC1=C(C(=O)O)N2C(=O)C(N)[C@@H]2SC1. The van der Waals surface area contributed by atoms with Crippen molar-refractivity contribution in [3.05, 3.63) is 11.3 Å². The summed E-state index contributed by atoms with van der Waals surface area (Å²) in [6.07, 6.45) is 1.60. The van der Waals surface area contributed by atoms with E-state index >= 15 is 0 Å². The van der Waals surface area contributed by atoms with Crippen LogP contribution in [0.2, 0.25) is 0 Å². The lowest BCUT2D eigenvalue weighted by atomic mass is 10.0. The van der Waals surface area contributed by atoms with Gasteiger partial charge >= 0.3 is 5.97 Å². The van der Waals surface area contributed by atoms with E-state index in [2.05, 4.69) is 0 Å². The third-order valence-corrected chi connectivity index (χ3v) is 4.20. The van der Waals surface area contributed by atoms with E-state index in [9.17, 15) is 9.59 Å². The number of carbonyl (C=O) groups excluding carboxylic acids is 1. The van der Waals surface area contributed by atoms with Gasteiger partial charge in [-0.25, -0.2) is 4.79 Å². The Balaban J connectivity index is 2.34. The van der Waals surface area contributed by atoms with Gasteiger partial charge in [0.25, 0.3) is 0 Å². The summed E-state index contributed by atoms with van der Waals surface area (Å²) in [4.78, 5) is 24.1. The van der Waals surface area contributed by atoms with E-state index in [1.807, 2.05) is 6.92 Å². The van der Waals surface area contributed by atoms with Gasteiger partial charge in [-0.2, -0.15) is 0 Å². The number of carbonyl (C=O) groups is 2. The first-order chi connectivity index (χ1) is 7.57. The third-order valence-electron chi connectivity index (χ3n) is 2.84. The van der Waals surface area contributed by atoms with Crippen LogP contribution in [-0.2, 0) is 9.59 Å². The molecule has 2 aliphatic heterocycles. The number of nitrogens with two attached hydrogens (primary N) is 1. The average Bonchev–Trinajstić information content (AvgIpc) is 2.27. The van der Waals surface area contributed by atoms with Crippen LogP contribution < -0.4 is 5.73 Å². The maximum atomic E-state index is 11.6. The second-order valence-corrected chi connectivity index (χ2v) is 5.05. The number of nitrogens with zero attached hydrogens (tertiary/aromatic N) is 1. The standard InChI is InChI=1S/C10H14N2O3S/c1-2-3-5-4-16-9-6(11)8(13)12(9)7(5)10(14)15/h6,9H,2-4,11H2,1H3,(H,14,15)/t6?,9-/m0/s1. The van der Waals surface area contributed by atoms with Crippen LogP contribution in [-0.4, -0.2) is 39.1 Å². The molecule has 3 N–H and O–H groups in total. The van der Waals surface area contributed by atoms with E-state index < -0.39 is 12.0 Å². The summed E-state index contributed by atoms with van der Waals surface area (Å²) in [6, 6.07) is -0.539. The smallest absolute Gasteiger partial charge is 0.352 e. The van der Waals surface area contributed by atoms with Crippen molar-refractivity contribution in [2.45, 2.75) is 31.2 Å². The average molecular weight is 242 g/mol. The number of thioether (sulfide) groups is 1. The predicted octanol–water partition coefficient (Wildman–Crippen LogP) is 0.368.